The molecule has 1 rings (SSSR count). The zero-order chi connectivity index (χ0) is 8.10. The fraction of sp³-hybridized carbons (Fsp3) is 0.333. The van der Waals surface area contributed by atoms with Crippen LogP contribution in [-0.2, 0) is 13.0 Å². The minimum atomic E-state index is 0. The Kier molecular flexibility index (Phi) is 5.72. The third-order valence-electron chi connectivity index (χ3n) is 1.63. The predicted octanol–water partition coefficient (Wildman–Crippen LogP) is 1.10. The fourth-order valence-corrected chi connectivity index (χ4v) is 1.04. The first-order valence-corrected chi connectivity index (χ1v) is 3.75. The Hall–Kier alpha value is -0.570. The SMILES string of the molecule is Cl.NCc1cccc(CCO)c1. The lowest BCUT2D eigenvalue weighted by Gasteiger charge is -2.00. The second kappa shape index (κ2) is 6.00. The van der Waals surface area contributed by atoms with Gasteiger partial charge in [-0.3, -0.25) is 0 Å². The smallest absolute Gasteiger partial charge is 0.0471 e. The van der Waals surface area contributed by atoms with Gasteiger partial charge in [0.25, 0.3) is 0 Å². The van der Waals surface area contributed by atoms with Gasteiger partial charge in [0.1, 0.15) is 0 Å². The standard InChI is InChI=1S/C9H13NO.ClH/c10-7-9-3-1-2-8(6-9)4-5-11;/h1-3,6,11H,4-5,7,10H2;1H. The molecular weight excluding hydrogens is 174 g/mol. The molecule has 0 aromatic heterocycles. The van der Waals surface area contributed by atoms with E-state index in [-0.39, 0.29) is 19.0 Å². The van der Waals surface area contributed by atoms with Crippen LogP contribution in [-0.4, -0.2) is 11.7 Å². The molecule has 2 nitrogen and oxygen atoms in total. The molecule has 0 aliphatic rings. The number of aliphatic hydroxyl groups excluding tert-OH is 1. The van der Waals surface area contributed by atoms with E-state index in [4.69, 9.17) is 10.8 Å². The fourth-order valence-electron chi connectivity index (χ4n) is 1.04. The third kappa shape index (κ3) is 3.22. The van der Waals surface area contributed by atoms with Gasteiger partial charge in [-0.15, -0.1) is 12.4 Å². The largest absolute Gasteiger partial charge is 0.396 e. The lowest BCUT2D eigenvalue weighted by atomic mass is 10.1. The number of aliphatic hydroxyl groups is 1. The molecule has 0 saturated carbocycles. The monoisotopic (exact) mass is 187 g/mol. The van der Waals surface area contributed by atoms with Crippen LogP contribution in [0.5, 0.6) is 0 Å². The molecule has 3 N–H and O–H groups in total. The highest BCUT2D eigenvalue weighted by Crippen LogP contribution is 2.04. The first-order chi connectivity index (χ1) is 5.36. The summed E-state index contributed by atoms with van der Waals surface area (Å²) in [6, 6.07) is 7.97. The maximum atomic E-state index is 8.65. The number of hydrogen-bond acceptors (Lipinski definition) is 2. The van der Waals surface area contributed by atoms with Gasteiger partial charge < -0.3 is 10.8 Å². The molecule has 12 heavy (non-hydrogen) atoms. The number of hydrogen-bond donors (Lipinski definition) is 2. The van der Waals surface area contributed by atoms with Crippen molar-refractivity contribution in [2.24, 2.45) is 5.73 Å². The van der Waals surface area contributed by atoms with E-state index in [0.717, 1.165) is 11.1 Å². The summed E-state index contributed by atoms with van der Waals surface area (Å²) in [5, 5.41) is 8.65. The summed E-state index contributed by atoms with van der Waals surface area (Å²) in [4.78, 5) is 0. The average molecular weight is 188 g/mol. The maximum absolute atomic E-state index is 8.65. The van der Waals surface area contributed by atoms with Crippen LogP contribution in [0.25, 0.3) is 0 Å². The lowest BCUT2D eigenvalue weighted by Crippen LogP contribution is -1.98. The molecule has 0 saturated heterocycles. The van der Waals surface area contributed by atoms with Gasteiger partial charge in [-0.2, -0.15) is 0 Å². The minimum absolute atomic E-state index is 0. The van der Waals surface area contributed by atoms with Crippen molar-refractivity contribution in [1.29, 1.82) is 0 Å². The normalized spacial score (nSPS) is 9.17. The number of rotatable bonds is 3. The molecule has 0 bridgehead atoms. The Morgan fingerprint density at radius 2 is 1.92 bits per heavy atom. The van der Waals surface area contributed by atoms with Crippen molar-refractivity contribution in [2.45, 2.75) is 13.0 Å². The number of benzene rings is 1. The van der Waals surface area contributed by atoms with Gasteiger partial charge in [-0.05, 0) is 17.5 Å². The zero-order valence-electron chi connectivity index (χ0n) is 6.86. The Balaban J connectivity index is 0.00000121. The van der Waals surface area contributed by atoms with Gasteiger partial charge in [0.15, 0.2) is 0 Å². The minimum Gasteiger partial charge on any atom is -0.396 e. The number of halogens is 1. The van der Waals surface area contributed by atoms with Crippen LogP contribution in [0.3, 0.4) is 0 Å². The van der Waals surface area contributed by atoms with E-state index in [2.05, 4.69) is 0 Å². The first-order valence-electron chi connectivity index (χ1n) is 3.75. The van der Waals surface area contributed by atoms with Crippen LogP contribution in [0.15, 0.2) is 24.3 Å². The van der Waals surface area contributed by atoms with Crippen LogP contribution in [0.1, 0.15) is 11.1 Å². The van der Waals surface area contributed by atoms with E-state index in [1.54, 1.807) is 0 Å². The Labute approximate surface area is 78.8 Å². The van der Waals surface area contributed by atoms with Crippen molar-refractivity contribution >= 4 is 12.4 Å². The first kappa shape index (κ1) is 11.4. The van der Waals surface area contributed by atoms with Crippen molar-refractivity contribution in [3.05, 3.63) is 35.4 Å². The van der Waals surface area contributed by atoms with Crippen LogP contribution in [0.4, 0.5) is 0 Å². The zero-order valence-corrected chi connectivity index (χ0v) is 7.68. The molecule has 0 fully saturated rings. The molecule has 0 unspecified atom stereocenters. The van der Waals surface area contributed by atoms with E-state index in [0.29, 0.717) is 13.0 Å². The van der Waals surface area contributed by atoms with E-state index < -0.39 is 0 Å². The summed E-state index contributed by atoms with van der Waals surface area (Å²) in [7, 11) is 0. The highest BCUT2D eigenvalue weighted by atomic mass is 35.5. The Morgan fingerprint density at radius 3 is 2.50 bits per heavy atom. The molecule has 68 valence electrons. The molecule has 0 radical (unpaired) electrons. The molecule has 3 heteroatoms. The van der Waals surface area contributed by atoms with E-state index in [1.807, 2.05) is 24.3 Å². The summed E-state index contributed by atoms with van der Waals surface area (Å²) in [5.41, 5.74) is 7.72. The molecule has 1 aromatic carbocycles. The Bertz CT molecular complexity index is 228. The highest BCUT2D eigenvalue weighted by molar-refractivity contribution is 5.85. The predicted molar refractivity (Wildman–Crippen MR) is 52.4 cm³/mol. The summed E-state index contributed by atoms with van der Waals surface area (Å²) in [6.07, 6.45) is 0.716. The van der Waals surface area contributed by atoms with Crippen LogP contribution in [0.2, 0.25) is 0 Å². The van der Waals surface area contributed by atoms with Crippen LogP contribution < -0.4 is 5.73 Å². The van der Waals surface area contributed by atoms with Crippen molar-refractivity contribution in [2.75, 3.05) is 6.61 Å². The highest BCUT2D eigenvalue weighted by Gasteiger charge is 1.92. The van der Waals surface area contributed by atoms with Crippen molar-refractivity contribution in [1.82, 2.24) is 0 Å². The summed E-state index contributed by atoms with van der Waals surface area (Å²) >= 11 is 0. The quantitative estimate of drug-likeness (QED) is 0.745. The van der Waals surface area contributed by atoms with Crippen molar-refractivity contribution < 1.29 is 5.11 Å². The summed E-state index contributed by atoms with van der Waals surface area (Å²) < 4.78 is 0. The molecule has 0 aliphatic carbocycles. The summed E-state index contributed by atoms with van der Waals surface area (Å²) in [5.74, 6) is 0. The van der Waals surface area contributed by atoms with Gasteiger partial charge in [0.05, 0.1) is 0 Å². The maximum Gasteiger partial charge on any atom is 0.0471 e. The van der Waals surface area contributed by atoms with Gasteiger partial charge in [-0.1, -0.05) is 24.3 Å². The van der Waals surface area contributed by atoms with Gasteiger partial charge in [0, 0.05) is 13.2 Å². The summed E-state index contributed by atoms with van der Waals surface area (Å²) in [6.45, 7) is 0.771. The lowest BCUT2D eigenvalue weighted by molar-refractivity contribution is 0.299. The molecule has 0 aliphatic heterocycles. The molecule has 0 amide bonds. The second-order valence-electron chi connectivity index (χ2n) is 2.50. The Morgan fingerprint density at radius 1 is 1.25 bits per heavy atom. The second-order valence-corrected chi connectivity index (χ2v) is 2.50. The molecule has 0 spiro atoms. The van der Waals surface area contributed by atoms with Crippen LogP contribution in [0, 0.1) is 0 Å². The van der Waals surface area contributed by atoms with Crippen molar-refractivity contribution in [3.63, 3.8) is 0 Å². The van der Waals surface area contributed by atoms with Gasteiger partial charge in [-0.25, -0.2) is 0 Å². The molecule has 1 aromatic rings. The molecule has 0 heterocycles. The van der Waals surface area contributed by atoms with E-state index in [1.165, 1.54) is 0 Å². The topological polar surface area (TPSA) is 46.2 Å². The molecular formula is C9H14ClNO. The van der Waals surface area contributed by atoms with Gasteiger partial charge >= 0.3 is 0 Å². The number of nitrogens with two attached hydrogens (primary N) is 1. The molecule has 0 atom stereocenters. The van der Waals surface area contributed by atoms with Crippen molar-refractivity contribution in [3.8, 4) is 0 Å². The average Bonchev–Trinajstić information content (AvgIpc) is 2.06. The van der Waals surface area contributed by atoms with E-state index >= 15 is 0 Å². The third-order valence-corrected chi connectivity index (χ3v) is 1.63. The van der Waals surface area contributed by atoms with Crippen LogP contribution >= 0.6 is 12.4 Å². The van der Waals surface area contributed by atoms with Gasteiger partial charge in [0.2, 0.25) is 0 Å². The van der Waals surface area contributed by atoms with E-state index in [9.17, 15) is 0 Å².